The first-order valence-corrected chi connectivity index (χ1v) is 5.82. The zero-order valence-corrected chi connectivity index (χ0v) is 10.8. The predicted octanol–water partition coefficient (Wildman–Crippen LogP) is 2.39. The lowest BCUT2D eigenvalue weighted by Gasteiger charge is -2.20. The molecule has 0 amide bonds. The Labute approximate surface area is 102 Å². The Bertz CT molecular complexity index is 331. The van der Waals surface area contributed by atoms with Crippen LogP contribution in [0.1, 0.15) is 6.92 Å². The molecule has 4 heteroatoms. The topological polar surface area (TPSA) is 24.5 Å². The van der Waals surface area contributed by atoms with Crippen LogP contribution in [-0.4, -0.2) is 33.8 Å². The lowest BCUT2D eigenvalue weighted by molar-refractivity contribution is 0.415. The van der Waals surface area contributed by atoms with Crippen molar-refractivity contribution in [3.63, 3.8) is 0 Å². The minimum absolute atomic E-state index is 0.648. The fourth-order valence-electron chi connectivity index (χ4n) is 1.45. The number of halogens is 1. The molecule has 0 aliphatic heterocycles. The van der Waals surface area contributed by atoms with E-state index in [9.17, 15) is 0 Å². The Morgan fingerprint density at radius 2 is 2.19 bits per heavy atom. The molecule has 0 spiro atoms. The van der Waals surface area contributed by atoms with Crippen molar-refractivity contribution in [2.75, 3.05) is 38.7 Å². The molecule has 0 radical (unpaired) electrons. The molecule has 1 aromatic carbocycles. The Morgan fingerprint density at radius 3 is 2.75 bits per heavy atom. The quantitative estimate of drug-likeness (QED) is 0.776. The molecule has 0 heterocycles. The number of benzene rings is 1. The van der Waals surface area contributed by atoms with E-state index >= 15 is 0 Å². The molecule has 0 bridgehead atoms. The molecular weight excluding hydrogens is 224 g/mol. The maximum atomic E-state index is 6.07. The molecule has 90 valence electrons. The molecule has 0 aliphatic carbocycles. The van der Waals surface area contributed by atoms with Crippen LogP contribution >= 0.6 is 11.6 Å². The Hall–Kier alpha value is -0.930. The van der Waals surface area contributed by atoms with Gasteiger partial charge in [-0.3, -0.25) is 0 Å². The molecule has 0 saturated carbocycles. The molecule has 0 atom stereocenters. The molecule has 1 rings (SSSR count). The third-order valence-corrected chi connectivity index (χ3v) is 2.75. The molecule has 1 N–H and O–H groups in total. The molecule has 1 aromatic rings. The van der Waals surface area contributed by atoms with Crippen LogP contribution in [0.2, 0.25) is 5.02 Å². The minimum atomic E-state index is 0.648. The second-order valence-electron chi connectivity index (χ2n) is 3.59. The molecule has 0 saturated heterocycles. The summed E-state index contributed by atoms with van der Waals surface area (Å²) in [7, 11) is 3.67. The summed E-state index contributed by atoms with van der Waals surface area (Å²) in [4.78, 5) is 2.16. The number of methoxy groups -OCH3 is 1. The van der Waals surface area contributed by atoms with Crippen LogP contribution in [0.5, 0.6) is 5.75 Å². The van der Waals surface area contributed by atoms with Crippen LogP contribution in [0, 0.1) is 0 Å². The Morgan fingerprint density at radius 1 is 1.44 bits per heavy atom. The van der Waals surface area contributed by atoms with Gasteiger partial charge >= 0.3 is 0 Å². The van der Waals surface area contributed by atoms with Crippen LogP contribution < -0.4 is 15.0 Å². The molecule has 0 aliphatic rings. The summed E-state index contributed by atoms with van der Waals surface area (Å²) in [6, 6.07) is 5.82. The molecule has 0 fully saturated rings. The zero-order chi connectivity index (χ0) is 12.0. The third kappa shape index (κ3) is 3.58. The Balaban J connectivity index is 2.62. The van der Waals surface area contributed by atoms with Crippen molar-refractivity contribution >= 4 is 17.3 Å². The number of nitrogens with one attached hydrogen (secondary N) is 1. The molecule has 0 unspecified atom stereocenters. The summed E-state index contributed by atoms with van der Waals surface area (Å²) in [5.41, 5.74) is 1.10. The van der Waals surface area contributed by atoms with Crippen LogP contribution in [0.25, 0.3) is 0 Å². The van der Waals surface area contributed by atoms with Crippen LogP contribution in [0.15, 0.2) is 18.2 Å². The van der Waals surface area contributed by atoms with Gasteiger partial charge in [-0.05, 0) is 24.7 Å². The number of hydrogen-bond donors (Lipinski definition) is 1. The second kappa shape index (κ2) is 6.61. The van der Waals surface area contributed by atoms with Crippen molar-refractivity contribution in [2.24, 2.45) is 0 Å². The first-order valence-electron chi connectivity index (χ1n) is 5.44. The van der Waals surface area contributed by atoms with E-state index < -0.39 is 0 Å². The van der Waals surface area contributed by atoms with Crippen molar-refractivity contribution < 1.29 is 4.74 Å². The van der Waals surface area contributed by atoms with Gasteiger partial charge in [-0.2, -0.15) is 0 Å². The second-order valence-corrected chi connectivity index (χ2v) is 4.00. The number of ether oxygens (including phenoxy) is 1. The van der Waals surface area contributed by atoms with Gasteiger partial charge in [0.25, 0.3) is 0 Å². The number of anilines is 1. The summed E-state index contributed by atoms with van der Waals surface area (Å²) in [5, 5.41) is 3.94. The summed E-state index contributed by atoms with van der Waals surface area (Å²) < 4.78 is 5.12. The van der Waals surface area contributed by atoms with E-state index in [0.717, 1.165) is 25.3 Å². The molecule has 3 nitrogen and oxygen atoms in total. The van der Waals surface area contributed by atoms with Gasteiger partial charge in [0.15, 0.2) is 0 Å². The maximum Gasteiger partial charge on any atom is 0.137 e. The first kappa shape index (κ1) is 13.1. The standard InChI is InChI=1S/C12H19ClN2O/c1-4-14-7-8-15(2)10-5-6-12(16-3)11(13)9-10/h5-6,9,14H,4,7-8H2,1-3H3. The Kier molecular flexibility index (Phi) is 5.43. The average Bonchev–Trinajstić information content (AvgIpc) is 2.29. The highest BCUT2D eigenvalue weighted by molar-refractivity contribution is 6.32. The highest BCUT2D eigenvalue weighted by atomic mass is 35.5. The van der Waals surface area contributed by atoms with E-state index in [1.54, 1.807) is 7.11 Å². The van der Waals surface area contributed by atoms with Crippen molar-refractivity contribution in [2.45, 2.75) is 6.92 Å². The minimum Gasteiger partial charge on any atom is -0.495 e. The fraction of sp³-hybridized carbons (Fsp3) is 0.500. The van der Waals surface area contributed by atoms with Crippen molar-refractivity contribution in [1.29, 1.82) is 0 Å². The van der Waals surface area contributed by atoms with Gasteiger partial charge in [-0.1, -0.05) is 18.5 Å². The van der Waals surface area contributed by atoms with Gasteiger partial charge in [-0.15, -0.1) is 0 Å². The number of nitrogens with zero attached hydrogens (tertiary/aromatic N) is 1. The van der Waals surface area contributed by atoms with E-state index in [0.29, 0.717) is 10.8 Å². The van der Waals surface area contributed by atoms with E-state index in [4.69, 9.17) is 16.3 Å². The van der Waals surface area contributed by atoms with Crippen LogP contribution in [0.4, 0.5) is 5.69 Å². The summed E-state index contributed by atoms with van der Waals surface area (Å²) in [5.74, 6) is 0.713. The predicted molar refractivity (Wildman–Crippen MR) is 69.8 cm³/mol. The molecular formula is C12H19ClN2O. The van der Waals surface area contributed by atoms with Crippen molar-refractivity contribution in [3.05, 3.63) is 23.2 Å². The van der Waals surface area contributed by atoms with Gasteiger partial charge in [0.2, 0.25) is 0 Å². The largest absolute Gasteiger partial charge is 0.495 e. The summed E-state index contributed by atoms with van der Waals surface area (Å²) in [6.07, 6.45) is 0. The van der Waals surface area contributed by atoms with E-state index in [-0.39, 0.29) is 0 Å². The normalized spacial score (nSPS) is 10.2. The van der Waals surface area contributed by atoms with E-state index in [1.807, 2.05) is 18.2 Å². The average molecular weight is 243 g/mol. The third-order valence-electron chi connectivity index (χ3n) is 2.45. The van der Waals surface area contributed by atoms with Gasteiger partial charge < -0.3 is 15.0 Å². The summed E-state index contributed by atoms with van der Waals surface area (Å²) in [6.45, 7) is 5.02. The molecule has 0 aromatic heterocycles. The fourth-order valence-corrected chi connectivity index (χ4v) is 1.70. The van der Waals surface area contributed by atoms with Gasteiger partial charge in [0.05, 0.1) is 12.1 Å². The van der Waals surface area contributed by atoms with Crippen LogP contribution in [-0.2, 0) is 0 Å². The van der Waals surface area contributed by atoms with Crippen molar-refractivity contribution in [3.8, 4) is 5.75 Å². The first-order chi connectivity index (χ1) is 7.69. The van der Waals surface area contributed by atoms with Gasteiger partial charge in [0.1, 0.15) is 5.75 Å². The van der Waals surface area contributed by atoms with E-state index in [2.05, 4.69) is 24.2 Å². The number of likely N-dealkylation sites (N-methyl/N-ethyl adjacent to an activating group) is 2. The lowest BCUT2D eigenvalue weighted by Crippen LogP contribution is -2.28. The van der Waals surface area contributed by atoms with Crippen molar-refractivity contribution in [1.82, 2.24) is 5.32 Å². The summed E-state index contributed by atoms with van der Waals surface area (Å²) >= 11 is 6.07. The maximum absolute atomic E-state index is 6.07. The van der Waals surface area contributed by atoms with E-state index in [1.165, 1.54) is 0 Å². The zero-order valence-electron chi connectivity index (χ0n) is 10.1. The highest BCUT2D eigenvalue weighted by Gasteiger charge is 2.05. The lowest BCUT2D eigenvalue weighted by atomic mass is 10.3. The highest BCUT2D eigenvalue weighted by Crippen LogP contribution is 2.28. The number of hydrogen-bond acceptors (Lipinski definition) is 3. The number of rotatable bonds is 6. The smallest absolute Gasteiger partial charge is 0.137 e. The van der Waals surface area contributed by atoms with Gasteiger partial charge in [0, 0.05) is 25.8 Å². The van der Waals surface area contributed by atoms with Crippen LogP contribution in [0.3, 0.4) is 0 Å². The monoisotopic (exact) mass is 242 g/mol. The molecule has 16 heavy (non-hydrogen) atoms. The SMILES string of the molecule is CCNCCN(C)c1ccc(OC)c(Cl)c1. The van der Waals surface area contributed by atoms with Gasteiger partial charge in [-0.25, -0.2) is 0 Å².